The Hall–Kier alpha value is 0.700. The Morgan fingerprint density at radius 3 is 1.00 bits per heavy atom. The monoisotopic (exact) mass is 300 g/mol. The Kier molecular flexibility index (Phi) is 9.95. The van der Waals surface area contributed by atoms with Gasteiger partial charge in [0.1, 0.15) is 12.3 Å². The first-order chi connectivity index (χ1) is 8.57. The third-order valence-corrected chi connectivity index (χ3v) is 10.3. The molecule has 0 unspecified atom stereocenters. The van der Waals surface area contributed by atoms with Crippen LogP contribution in [0.5, 0.6) is 0 Å². The van der Waals surface area contributed by atoms with Crippen LogP contribution in [0.15, 0.2) is 0 Å². The molecular formula is C12H30O4P2+2. The van der Waals surface area contributed by atoms with Crippen LogP contribution in [-0.2, 0) is 18.1 Å². The normalized spacial score (nSPS) is 13.0. The van der Waals surface area contributed by atoms with E-state index in [1.165, 1.54) is 0 Å². The quantitative estimate of drug-likeness (QED) is 0.539. The summed E-state index contributed by atoms with van der Waals surface area (Å²) in [4.78, 5) is 0. The maximum Gasteiger partial charge on any atom is 0.278 e. The Morgan fingerprint density at radius 2 is 0.833 bits per heavy atom. The summed E-state index contributed by atoms with van der Waals surface area (Å²) in [7, 11) is 3.55. The zero-order valence-electron chi connectivity index (χ0n) is 12.8. The molecule has 18 heavy (non-hydrogen) atoms. The van der Waals surface area contributed by atoms with Crippen molar-refractivity contribution in [1.82, 2.24) is 0 Å². The zero-order valence-corrected chi connectivity index (χ0v) is 14.6. The molecule has 0 rings (SSSR count). The van der Waals surface area contributed by atoms with Gasteiger partial charge in [0.2, 0.25) is 0 Å². The number of rotatable bonds is 11. The highest BCUT2D eigenvalue weighted by atomic mass is 31.2. The molecule has 4 nitrogen and oxygen atoms in total. The highest BCUT2D eigenvalue weighted by Gasteiger charge is 2.47. The number of hydrogen-bond donors (Lipinski definition) is 0. The van der Waals surface area contributed by atoms with E-state index in [-0.39, 0.29) is 0 Å². The third-order valence-electron chi connectivity index (χ3n) is 3.24. The van der Waals surface area contributed by atoms with E-state index in [1.807, 2.05) is 0 Å². The van der Waals surface area contributed by atoms with Crippen molar-refractivity contribution in [2.24, 2.45) is 0 Å². The highest BCUT2D eigenvalue weighted by molar-refractivity contribution is 7.70. The minimum Gasteiger partial charge on any atom is -0.210 e. The minimum absolute atomic E-state index is 0.920. The summed E-state index contributed by atoms with van der Waals surface area (Å²) >= 11 is 0. The van der Waals surface area contributed by atoms with Gasteiger partial charge in [-0.3, -0.25) is 0 Å². The van der Waals surface area contributed by atoms with Gasteiger partial charge in [0.25, 0.3) is 15.4 Å². The standard InChI is InChI=1S/C12H30O4P2/c1-7-9-17(13-3,14-4)11-12-18(15-5,16-6)10-8-2/h7-12H2,1-6H3/q+2. The van der Waals surface area contributed by atoms with Crippen LogP contribution >= 0.6 is 15.4 Å². The Balaban J connectivity index is 4.64. The average molecular weight is 300 g/mol. The second kappa shape index (κ2) is 9.58. The molecule has 110 valence electrons. The molecule has 0 saturated carbocycles. The van der Waals surface area contributed by atoms with Gasteiger partial charge in [-0.25, -0.2) is 18.1 Å². The molecule has 0 N–H and O–H groups in total. The van der Waals surface area contributed by atoms with Gasteiger partial charge in [-0.2, -0.15) is 0 Å². The molecule has 0 bridgehead atoms. The van der Waals surface area contributed by atoms with Gasteiger partial charge in [0.05, 0.1) is 28.4 Å². The summed E-state index contributed by atoms with van der Waals surface area (Å²) in [5.74, 6) is 0. The molecule has 0 amide bonds. The molecule has 0 aromatic rings. The van der Waals surface area contributed by atoms with Crippen molar-refractivity contribution in [3.05, 3.63) is 0 Å². The Bertz CT molecular complexity index is 184. The van der Waals surface area contributed by atoms with Crippen molar-refractivity contribution in [1.29, 1.82) is 0 Å². The number of hydrogen-bond acceptors (Lipinski definition) is 4. The van der Waals surface area contributed by atoms with E-state index in [0.29, 0.717) is 0 Å². The molecule has 0 aliphatic rings. The van der Waals surface area contributed by atoms with E-state index < -0.39 is 15.4 Å². The fourth-order valence-corrected chi connectivity index (χ4v) is 8.10. The highest BCUT2D eigenvalue weighted by Crippen LogP contribution is 2.67. The summed E-state index contributed by atoms with van der Waals surface area (Å²) in [6, 6.07) is 0. The van der Waals surface area contributed by atoms with Crippen molar-refractivity contribution < 1.29 is 18.1 Å². The van der Waals surface area contributed by atoms with E-state index in [1.54, 1.807) is 28.4 Å². The first kappa shape index (κ1) is 18.7. The van der Waals surface area contributed by atoms with E-state index in [4.69, 9.17) is 18.1 Å². The first-order valence-electron chi connectivity index (χ1n) is 6.54. The van der Waals surface area contributed by atoms with Gasteiger partial charge in [-0.05, 0) is 12.8 Å². The maximum absolute atomic E-state index is 5.69. The molecule has 0 atom stereocenters. The fraction of sp³-hybridized carbons (Fsp3) is 1.00. The zero-order chi connectivity index (χ0) is 14.1. The Labute approximate surface area is 114 Å². The third kappa shape index (κ3) is 5.36. The minimum atomic E-state index is -1.74. The van der Waals surface area contributed by atoms with Crippen LogP contribution in [-0.4, -0.2) is 53.1 Å². The van der Waals surface area contributed by atoms with Gasteiger partial charge in [-0.1, -0.05) is 13.8 Å². The van der Waals surface area contributed by atoms with Crippen molar-refractivity contribution in [3.63, 3.8) is 0 Å². The van der Waals surface area contributed by atoms with Crippen LogP contribution in [0.1, 0.15) is 26.7 Å². The van der Waals surface area contributed by atoms with Gasteiger partial charge < -0.3 is 0 Å². The van der Waals surface area contributed by atoms with Crippen molar-refractivity contribution in [3.8, 4) is 0 Å². The molecule has 0 fully saturated rings. The lowest BCUT2D eigenvalue weighted by molar-refractivity contribution is 0.306. The predicted molar refractivity (Wildman–Crippen MR) is 81.9 cm³/mol. The molecule has 0 heterocycles. The summed E-state index contributed by atoms with van der Waals surface area (Å²) in [5.41, 5.74) is 0. The van der Waals surface area contributed by atoms with E-state index in [9.17, 15) is 0 Å². The molecule has 0 radical (unpaired) electrons. The van der Waals surface area contributed by atoms with Gasteiger partial charge >= 0.3 is 0 Å². The SMILES string of the molecule is CCC[P+](CC[P+](CCC)(OC)OC)(OC)OC. The van der Waals surface area contributed by atoms with Crippen molar-refractivity contribution in [2.75, 3.05) is 53.1 Å². The molecule has 0 saturated heterocycles. The molecular weight excluding hydrogens is 270 g/mol. The van der Waals surface area contributed by atoms with Gasteiger partial charge in [-0.15, -0.1) is 0 Å². The smallest absolute Gasteiger partial charge is 0.210 e. The largest absolute Gasteiger partial charge is 0.278 e. The second-order valence-corrected chi connectivity index (χ2v) is 10.8. The van der Waals surface area contributed by atoms with E-state index in [2.05, 4.69) is 13.8 Å². The molecule has 0 aliphatic carbocycles. The predicted octanol–water partition coefficient (Wildman–Crippen LogP) is 4.09. The average Bonchev–Trinajstić information content (AvgIpc) is 2.42. The van der Waals surface area contributed by atoms with Crippen LogP contribution in [0, 0.1) is 0 Å². The molecule has 0 aliphatic heterocycles. The van der Waals surface area contributed by atoms with Crippen LogP contribution in [0.25, 0.3) is 0 Å². The summed E-state index contributed by atoms with van der Waals surface area (Å²) in [6.07, 6.45) is 6.00. The topological polar surface area (TPSA) is 36.9 Å². The first-order valence-corrected chi connectivity index (χ1v) is 10.5. The maximum atomic E-state index is 5.69. The lowest BCUT2D eigenvalue weighted by atomic mass is 10.6. The second-order valence-electron chi connectivity index (χ2n) is 4.25. The Morgan fingerprint density at radius 1 is 0.556 bits per heavy atom. The molecule has 0 aromatic carbocycles. The molecule has 6 heteroatoms. The van der Waals surface area contributed by atoms with Gasteiger partial charge in [0.15, 0.2) is 12.3 Å². The van der Waals surface area contributed by atoms with Crippen LogP contribution in [0.4, 0.5) is 0 Å². The van der Waals surface area contributed by atoms with E-state index in [0.717, 1.165) is 37.5 Å². The van der Waals surface area contributed by atoms with Gasteiger partial charge in [0, 0.05) is 0 Å². The van der Waals surface area contributed by atoms with Crippen molar-refractivity contribution in [2.45, 2.75) is 26.7 Å². The summed E-state index contributed by atoms with van der Waals surface area (Å²) < 4.78 is 22.7. The summed E-state index contributed by atoms with van der Waals surface area (Å²) in [5, 5.41) is 0. The summed E-state index contributed by atoms with van der Waals surface area (Å²) in [6.45, 7) is 4.32. The van der Waals surface area contributed by atoms with Crippen LogP contribution in [0.2, 0.25) is 0 Å². The van der Waals surface area contributed by atoms with E-state index >= 15 is 0 Å². The fourth-order valence-electron chi connectivity index (χ4n) is 2.09. The van der Waals surface area contributed by atoms with Crippen LogP contribution < -0.4 is 0 Å². The lowest BCUT2D eigenvalue weighted by Crippen LogP contribution is -2.16. The molecule has 0 aromatic heterocycles. The molecule has 0 spiro atoms. The lowest BCUT2D eigenvalue weighted by Gasteiger charge is -2.24. The van der Waals surface area contributed by atoms with Crippen LogP contribution in [0.3, 0.4) is 0 Å². The van der Waals surface area contributed by atoms with Crippen molar-refractivity contribution >= 4 is 15.4 Å².